The third kappa shape index (κ3) is 3.79. The third-order valence-electron chi connectivity index (χ3n) is 5.56. The summed E-state index contributed by atoms with van der Waals surface area (Å²) >= 11 is 0. The molecule has 31 heavy (non-hydrogen) atoms. The van der Waals surface area contributed by atoms with Gasteiger partial charge in [-0.05, 0) is 43.7 Å². The molecule has 0 aliphatic heterocycles. The second-order valence-corrected chi connectivity index (χ2v) is 8.22. The molecule has 2 aromatic heterocycles. The van der Waals surface area contributed by atoms with Crippen LogP contribution in [0.3, 0.4) is 0 Å². The molecule has 8 nitrogen and oxygen atoms in total. The minimum Gasteiger partial charge on any atom is -0.426 e. The maximum absolute atomic E-state index is 12.9. The Bertz CT molecular complexity index is 1330. The summed E-state index contributed by atoms with van der Waals surface area (Å²) < 4.78 is 8.33. The van der Waals surface area contributed by atoms with Crippen LogP contribution in [0.4, 0.5) is 0 Å². The maximum Gasteiger partial charge on any atom is 0.333 e. The number of nitrogens with one attached hydrogen (secondary N) is 1. The lowest BCUT2D eigenvalue weighted by Crippen LogP contribution is -2.39. The zero-order chi connectivity index (χ0) is 21.5. The number of esters is 1. The van der Waals surface area contributed by atoms with Crippen molar-refractivity contribution in [3.05, 3.63) is 57.0 Å². The lowest BCUT2D eigenvalue weighted by atomic mass is 10.1. The molecule has 3 aromatic rings. The van der Waals surface area contributed by atoms with Gasteiger partial charge in [-0.15, -0.1) is 0 Å². The van der Waals surface area contributed by atoms with E-state index in [0.717, 1.165) is 25.7 Å². The van der Waals surface area contributed by atoms with Crippen LogP contribution in [-0.2, 0) is 4.79 Å². The van der Waals surface area contributed by atoms with E-state index in [0.29, 0.717) is 22.7 Å². The molecule has 2 aliphatic carbocycles. The van der Waals surface area contributed by atoms with Crippen LogP contribution in [0.15, 0.2) is 39.9 Å². The average molecular weight is 418 g/mol. The van der Waals surface area contributed by atoms with E-state index in [-0.39, 0.29) is 35.7 Å². The number of hydrogen-bond acceptors (Lipinski definition) is 5. The van der Waals surface area contributed by atoms with Crippen LogP contribution in [0.5, 0.6) is 5.75 Å². The summed E-state index contributed by atoms with van der Waals surface area (Å²) in [5.41, 5.74) is 0.0833. The lowest BCUT2D eigenvalue weighted by Gasteiger charge is -2.09. The summed E-state index contributed by atoms with van der Waals surface area (Å²) in [4.78, 5) is 45.4. The van der Waals surface area contributed by atoms with Gasteiger partial charge in [0.15, 0.2) is 17.0 Å². The van der Waals surface area contributed by atoms with Gasteiger partial charge >= 0.3 is 11.7 Å². The highest BCUT2D eigenvalue weighted by molar-refractivity contribution is 5.75. The first-order chi connectivity index (χ1) is 15.0. The van der Waals surface area contributed by atoms with Gasteiger partial charge in [0.25, 0.3) is 5.56 Å². The van der Waals surface area contributed by atoms with E-state index in [1.807, 2.05) is 6.07 Å². The molecule has 0 amide bonds. The molecule has 1 N–H and O–H groups in total. The van der Waals surface area contributed by atoms with Crippen molar-refractivity contribution < 1.29 is 9.53 Å². The van der Waals surface area contributed by atoms with Crippen LogP contribution in [-0.4, -0.2) is 25.1 Å². The Kier molecular flexibility index (Phi) is 4.74. The van der Waals surface area contributed by atoms with E-state index in [1.165, 1.54) is 4.57 Å². The number of rotatable bonds is 5. The van der Waals surface area contributed by atoms with E-state index in [9.17, 15) is 14.4 Å². The van der Waals surface area contributed by atoms with Crippen LogP contribution in [0.1, 0.15) is 56.9 Å². The quantitative estimate of drug-likeness (QED) is 0.390. The molecule has 2 aliphatic rings. The molecule has 1 atom stereocenters. The molecule has 2 fully saturated rings. The number of nitrogens with zero attached hydrogens (tertiary/aromatic N) is 3. The summed E-state index contributed by atoms with van der Waals surface area (Å²) in [6.45, 7) is 1.75. The van der Waals surface area contributed by atoms with Gasteiger partial charge in [0, 0.05) is 18.5 Å². The average Bonchev–Trinajstić information content (AvgIpc) is 3.68. The Labute approximate surface area is 177 Å². The summed E-state index contributed by atoms with van der Waals surface area (Å²) in [5, 5.41) is 0. The van der Waals surface area contributed by atoms with Gasteiger partial charge in [0.2, 0.25) is 0 Å². The SMILES string of the molecule is CC(CC#Cc1nc2c([nH]1)c(=O)n(C1CC1)c(=O)n2C1CC1)C(=O)Oc1ccccc1. The number of imidazole rings is 1. The first-order valence-corrected chi connectivity index (χ1v) is 10.6. The van der Waals surface area contributed by atoms with Crippen molar-refractivity contribution in [2.45, 2.75) is 51.1 Å². The van der Waals surface area contributed by atoms with Gasteiger partial charge in [-0.3, -0.25) is 18.7 Å². The topological polar surface area (TPSA) is 99.0 Å². The summed E-state index contributed by atoms with van der Waals surface area (Å²) in [6.07, 6.45) is 3.80. The van der Waals surface area contributed by atoms with Gasteiger partial charge < -0.3 is 9.72 Å². The van der Waals surface area contributed by atoms with Gasteiger partial charge in [-0.25, -0.2) is 9.78 Å². The van der Waals surface area contributed by atoms with Crippen molar-refractivity contribution >= 4 is 17.1 Å². The fourth-order valence-corrected chi connectivity index (χ4v) is 3.55. The van der Waals surface area contributed by atoms with Gasteiger partial charge in [-0.2, -0.15) is 0 Å². The molecule has 158 valence electrons. The fraction of sp³-hybridized carbons (Fsp3) is 0.391. The molecule has 1 unspecified atom stereocenters. The first-order valence-electron chi connectivity index (χ1n) is 10.6. The van der Waals surface area contributed by atoms with E-state index in [4.69, 9.17) is 4.74 Å². The Balaban J connectivity index is 1.38. The van der Waals surface area contributed by atoms with Crippen molar-refractivity contribution in [2.24, 2.45) is 5.92 Å². The first kappa shape index (κ1) is 19.4. The molecule has 2 heterocycles. The van der Waals surface area contributed by atoms with Crippen LogP contribution < -0.4 is 16.0 Å². The molecule has 0 spiro atoms. The Hall–Kier alpha value is -3.60. The van der Waals surface area contributed by atoms with Crippen molar-refractivity contribution in [1.29, 1.82) is 0 Å². The molecular weight excluding hydrogens is 396 g/mol. The zero-order valence-corrected chi connectivity index (χ0v) is 17.1. The number of hydrogen-bond donors (Lipinski definition) is 1. The number of benzene rings is 1. The maximum atomic E-state index is 12.9. The number of fused-ring (bicyclic) bond motifs is 1. The van der Waals surface area contributed by atoms with Gasteiger partial charge in [0.1, 0.15) is 5.75 Å². The van der Waals surface area contributed by atoms with Crippen molar-refractivity contribution in [2.75, 3.05) is 0 Å². The summed E-state index contributed by atoms with van der Waals surface area (Å²) in [6, 6.07) is 8.97. The monoisotopic (exact) mass is 418 g/mol. The highest BCUT2D eigenvalue weighted by atomic mass is 16.5. The molecule has 2 saturated carbocycles. The number of aromatic amines is 1. The molecular formula is C23H22N4O4. The highest BCUT2D eigenvalue weighted by Crippen LogP contribution is 2.36. The highest BCUT2D eigenvalue weighted by Gasteiger charge is 2.34. The van der Waals surface area contributed by atoms with Gasteiger partial charge in [-0.1, -0.05) is 31.0 Å². The zero-order valence-electron chi connectivity index (χ0n) is 17.1. The fourth-order valence-electron chi connectivity index (χ4n) is 3.55. The number of H-pyrrole nitrogens is 1. The number of carbonyl (C=O) groups excluding carboxylic acids is 1. The smallest absolute Gasteiger partial charge is 0.333 e. The van der Waals surface area contributed by atoms with Crippen LogP contribution in [0.2, 0.25) is 0 Å². The van der Waals surface area contributed by atoms with Gasteiger partial charge in [0.05, 0.1) is 5.92 Å². The Morgan fingerprint density at radius 3 is 2.52 bits per heavy atom. The minimum absolute atomic E-state index is 0.0105. The molecule has 0 saturated heterocycles. The standard InChI is InChI=1S/C23H22N4O4/c1-14(22(29)31-17-7-3-2-4-8-17)6-5-9-18-24-19-20(25-18)26(15-10-11-15)23(30)27(21(19)28)16-12-13-16/h2-4,7-8,14-16H,6,10-13H2,1H3,(H,24,25). The second kappa shape index (κ2) is 7.58. The molecule has 0 radical (unpaired) electrons. The van der Waals surface area contributed by atoms with Crippen molar-refractivity contribution in [3.63, 3.8) is 0 Å². The predicted molar refractivity (Wildman–Crippen MR) is 114 cm³/mol. The van der Waals surface area contributed by atoms with Crippen LogP contribution >= 0.6 is 0 Å². The third-order valence-corrected chi connectivity index (χ3v) is 5.56. The number of carbonyl (C=O) groups is 1. The van der Waals surface area contributed by atoms with E-state index < -0.39 is 5.92 Å². The van der Waals surface area contributed by atoms with Crippen LogP contribution in [0, 0.1) is 17.8 Å². The predicted octanol–water partition coefficient (Wildman–Crippen LogP) is 2.54. The number of para-hydroxylation sites is 1. The normalized spacial score (nSPS) is 16.5. The molecule has 5 rings (SSSR count). The number of ether oxygens (including phenoxy) is 1. The van der Waals surface area contributed by atoms with Crippen molar-refractivity contribution in [1.82, 2.24) is 19.1 Å². The molecule has 1 aromatic carbocycles. The lowest BCUT2D eigenvalue weighted by molar-refractivity contribution is -0.138. The van der Waals surface area contributed by atoms with E-state index in [2.05, 4.69) is 21.8 Å². The molecule has 0 bridgehead atoms. The van der Waals surface area contributed by atoms with E-state index in [1.54, 1.807) is 35.8 Å². The largest absolute Gasteiger partial charge is 0.426 e. The Morgan fingerprint density at radius 2 is 1.84 bits per heavy atom. The second-order valence-electron chi connectivity index (χ2n) is 8.22. The summed E-state index contributed by atoms with van der Waals surface area (Å²) in [5.74, 6) is 5.86. The molecule has 8 heteroatoms. The minimum atomic E-state index is -0.422. The van der Waals surface area contributed by atoms with E-state index >= 15 is 0 Å². The van der Waals surface area contributed by atoms with Crippen molar-refractivity contribution in [3.8, 4) is 17.6 Å². The summed E-state index contributed by atoms with van der Waals surface area (Å²) in [7, 11) is 0. The number of aromatic nitrogens is 4. The van der Waals surface area contributed by atoms with Crippen LogP contribution in [0.25, 0.3) is 11.2 Å². The Morgan fingerprint density at radius 1 is 1.16 bits per heavy atom.